The van der Waals surface area contributed by atoms with E-state index in [0.717, 1.165) is 0 Å². The first kappa shape index (κ1) is 13.9. The van der Waals surface area contributed by atoms with Crippen molar-refractivity contribution in [3.63, 3.8) is 0 Å². The van der Waals surface area contributed by atoms with E-state index in [1.54, 1.807) is 6.20 Å². The number of halogens is 2. The van der Waals surface area contributed by atoms with Crippen LogP contribution in [0.1, 0.15) is 0 Å². The molecular formula is C11H12ClFN4O2. The molecule has 0 amide bonds. The number of hydrogen-bond donors (Lipinski definition) is 1. The van der Waals surface area contributed by atoms with Crippen molar-refractivity contribution in [2.24, 2.45) is 0 Å². The van der Waals surface area contributed by atoms with Crippen LogP contribution >= 0.6 is 11.6 Å². The number of aliphatic hydroxyl groups excluding tert-OH is 1. The maximum Gasteiger partial charge on any atom is 0.213 e. The molecule has 19 heavy (non-hydrogen) atoms. The summed E-state index contributed by atoms with van der Waals surface area (Å²) in [5, 5.41) is 17.6. The number of nitrogens with zero attached hydrogens (tertiary/aromatic N) is 4. The van der Waals surface area contributed by atoms with E-state index in [9.17, 15) is 9.50 Å². The van der Waals surface area contributed by atoms with Crippen LogP contribution in [0, 0.1) is 5.95 Å². The fourth-order valence-corrected chi connectivity index (χ4v) is 1.78. The molecule has 2 aromatic heterocycles. The van der Waals surface area contributed by atoms with Gasteiger partial charge in [0.05, 0.1) is 30.5 Å². The van der Waals surface area contributed by atoms with Crippen molar-refractivity contribution < 1.29 is 14.2 Å². The Hall–Kier alpha value is -1.57. The zero-order valence-electron chi connectivity index (χ0n) is 10.1. The molecule has 102 valence electrons. The predicted molar refractivity (Wildman–Crippen MR) is 66.1 cm³/mol. The number of aliphatic hydroxyl groups is 1. The maximum absolute atomic E-state index is 13.1. The molecule has 0 aliphatic heterocycles. The average molecular weight is 287 g/mol. The second kappa shape index (κ2) is 6.05. The van der Waals surface area contributed by atoms with Crippen LogP contribution in [0.5, 0.6) is 0 Å². The van der Waals surface area contributed by atoms with Gasteiger partial charge in [-0.05, 0) is 0 Å². The molecule has 0 aromatic carbocycles. The minimum absolute atomic E-state index is 0.194. The van der Waals surface area contributed by atoms with Crippen LogP contribution in [0.15, 0.2) is 18.5 Å². The van der Waals surface area contributed by atoms with Gasteiger partial charge in [0.1, 0.15) is 5.69 Å². The van der Waals surface area contributed by atoms with Crippen LogP contribution in [0.4, 0.5) is 4.39 Å². The lowest BCUT2D eigenvalue weighted by Gasteiger charge is -2.07. The van der Waals surface area contributed by atoms with Gasteiger partial charge in [0.25, 0.3) is 0 Å². The van der Waals surface area contributed by atoms with Gasteiger partial charge in [0, 0.05) is 24.9 Å². The van der Waals surface area contributed by atoms with Crippen LogP contribution in [0.25, 0.3) is 11.3 Å². The smallest absolute Gasteiger partial charge is 0.213 e. The summed E-state index contributed by atoms with van der Waals surface area (Å²) in [7, 11) is 1.50. The van der Waals surface area contributed by atoms with Gasteiger partial charge in [-0.2, -0.15) is 4.39 Å². The van der Waals surface area contributed by atoms with E-state index in [-0.39, 0.29) is 18.2 Å². The van der Waals surface area contributed by atoms with Gasteiger partial charge in [-0.1, -0.05) is 16.8 Å². The lowest BCUT2D eigenvalue weighted by Crippen LogP contribution is -2.21. The van der Waals surface area contributed by atoms with Crippen molar-refractivity contribution in [1.29, 1.82) is 0 Å². The van der Waals surface area contributed by atoms with E-state index in [2.05, 4.69) is 15.3 Å². The van der Waals surface area contributed by atoms with Gasteiger partial charge >= 0.3 is 0 Å². The third-order valence-corrected chi connectivity index (χ3v) is 2.69. The van der Waals surface area contributed by atoms with Gasteiger partial charge in [0.2, 0.25) is 5.95 Å². The highest BCUT2D eigenvalue weighted by atomic mass is 35.5. The highest BCUT2D eigenvalue weighted by Gasteiger charge is 2.12. The fraction of sp³-hybridized carbons (Fsp3) is 0.364. The molecule has 0 aliphatic rings. The molecule has 2 rings (SSSR count). The van der Waals surface area contributed by atoms with Gasteiger partial charge in [0.15, 0.2) is 0 Å². The summed E-state index contributed by atoms with van der Waals surface area (Å²) in [5.74, 6) is -0.645. The molecular weight excluding hydrogens is 275 g/mol. The molecule has 0 bridgehead atoms. The van der Waals surface area contributed by atoms with E-state index in [0.29, 0.717) is 11.3 Å². The summed E-state index contributed by atoms with van der Waals surface area (Å²) < 4.78 is 19.3. The molecule has 0 saturated heterocycles. The van der Waals surface area contributed by atoms with Crippen molar-refractivity contribution in [3.05, 3.63) is 29.4 Å². The third kappa shape index (κ3) is 3.46. The zero-order chi connectivity index (χ0) is 13.8. The SMILES string of the molecule is COC[C@@H](O)Cn1cc(-c2cc(F)ncc2Cl)nn1. The zero-order valence-corrected chi connectivity index (χ0v) is 10.9. The van der Waals surface area contributed by atoms with Crippen molar-refractivity contribution >= 4 is 11.6 Å². The quantitative estimate of drug-likeness (QED) is 0.835. The lowest BCUT2D eigenvalue weighted by molar-refractivity contribution is 0.0510. The fourth-order valence-electron chi connectivity index (χ4n) is 1.58. The Balaban J connectivity index is 2.18. The van der Waals surface area contributed by atoms with Crippen LogP contribution in [0.3, 0.4) is 0 Å². The van der Waals surface area contributed by atoms with E-state index in [4.69, 9.17) is 16.3 Å². The number of aromatic nitrogens is 4. The summed E-state index contributed by atoms with van der Waals surface area (Å²) in [5.41, 5.74) is 0.817. The number of pyridine rings is 1. The van der Waals surface area contributed by atoms with E-state index < -0.39 is 12.1 Å². The summed E-state index contributed by atoms with van der Waals surface area (Å²) >= 11 is 5.92. The van der Waals surface area contributed by atoms with Gasteiger partial charge in [-0.15, -0.1) is 5.10 Å². The van der Waals surface area contributed by atoms with Crippen LogP contribution in [-0.2, 0) is 11.3 Å². The first-order chi connectivity index (χ1) is 9.10. The lowest BCUT2D eigenvalue weighted by atomic mass is 10.2. The second-order valence-electron chi connectivity index (χ2n) is 3.92. The Morgan fingerprint density at radius 1 is 1.58 bits per heavy atom. The minimum atomic E-state index is -0.691. The monoisotopic (exact) mass is 286 g/mol. The molecule has 0 spiro atoms. The minimum Gasteiger partial charge on any atom is -0.389 e. The largest absolute Gasteiger partial charge is 0.389 e. The summed E-state index contributed by atoms with van der Waals surface area (Å²) in [4.78, 5) is 3.43. The third-order valence-electron chi connectivity index (χ3n) is 2.39. The Morgan fingerprint density at radius 2 is 2.37 bits per heavy atom. The summed E-state index contributed by atoms with van der Waals surface area (Å²) in [6.45, 7) is 0.422. The van der Waals surface area contributed by atoms with Gasteiger partial charge < -0.3 is 9.84 Å². The molecule has 0 unspecified atom stereocenters. The predicted octanol–water partition coefficient (Wildman–Crippen LogP) is 1.14. The molecule has 0 saturated carbocycles. The number of ether oxygens (including phenoxy) is 1. The molecule has 8 heteroatoms. The van der Waals surface area contributed by atoms with E-state index in [1.807, 2.05) is 0 Å². The van der Waals surface area contributed by atoms with E-state index >= 15 is 0 Å². The Labute approximate surface area is 113 Å². The van der Waals surface area contributed by atoms with Crippen molar-refractivity contribution in [2.75, 3.05) is 13.7 Å². The van der Waals surface area contributed by atoms with Crippen molar-refractivity contribution in [2.45, 2.75) is 12.6 Å². The van der Waals surface area contributed by atoms with Gasteiger partial charge in [-0.25, -0.2) is 9.67 Å². The molecule has 0 radical (unpaired) electrons. The number of hydrogen-bond acceptors (Lipinski definition) is 5. The van der Waals surface area contributed by atoms with E-state index in [1.165, 1.54) is 24.1 Å². The number of methoxy groups -OCH3 is 1. The maximum atomic E-state index is 13.1. The summed E-state index contributed by atoms with van der Waals surface area (Å²) in [6, 6.07) is 1.18. The Kier molecular flexibility index (Phi) is 4.41. The highest BCUT2D eigenvalue weighted by Crippen LogP contribution is 2.25. The second-order valence-corrected chi connectivity index (χ2v) is 4.33. The molecule has 0 aliphatic carbocycles. The normalized spacial score (nSPS) is 12.6. The Bertz CT molecular complexity index is 563. The van der Waals surface area contributed by atoms with Crippen LogP contribution < -0.4 is 0 Å². The summed E-state index contributed by atoms with van der Waals surface area (Å²) in [6.07, 6.45) is 2.09. The molecule has 1 atom stereocenters. The molecule has 2 aromatic rings. The molecule has 0 fully saturated rings. The van der Waals surface area contributed by atoms with Crippen molar-refractivity contribution in [1.82, 2.24) is 20.0 Å². The highest BCUT2D eigenvalue weighted by molar-refractivity contribution is 6.33. The topological polar surface area (TPSA) is 73.1 Å². The molecule has 1 N–H and O–H groups in total. The molecule has 6 nitrogen and oxygen atoms in total. The Morgan fingerprint density at radius 3 is 3.11 bits per heavy atom. The molecule has 2 heterocycles. The van der Waals surface area contributed by atoms with Crippen molar-refractivity contribution in [3.8, 4) is 11.3 Å². The standard InChI is InChI=1S/C11H12ClFN4O2/c1-19-6-7(18)4-17-5-10(15-16-17)8-2-11(13)14-3-9(8)12/h2-3,5,7,18H,4,6H2,1H3/t7-/m0/s1. The first-order valence-electron chi connectivity index (χ1n) is 5.48. The average Bonchev–Trinajstić information content (AvgIpc) is 2.81. The van der Waals surface area contributed by atoms with Crippen LogP contribution in [0.2, 0.25) is 5.02 Å². The van der Waals surface area contributed by atoms with Crippen LogP contribution in [-0.4, -0.2) is 44.9 Å². The first-order valence-corrected chi connectivity index (χ1v) is 5.86. The van der Waals surface area contributed by atoms with Gasteiger partial charge in [-0.3, -0.25) is 0 Å². The number of rotatable bonds is 5.